The van der Waals surface area contributed by atoms with Crippen LogP contribution < -0.4 is 9.64 Å². The van der Waals surface area contributed by atoms with Crippen LogP contribution in [0.5, 0.6) is 5.88 Å². The van der Waals surface area contributed by atoms with Crippen molar-refractivity contribution in [3.05, 3.63) is 69.8 Å². The van der Waals surface area contributed by atoms with Crippen molar-refractivity contribution in [1.29, 1.82) is 0 Å². The number of fused-ring (bicyclic) bond motifs is 1. The Morgan fingerprint density at radius 2 is 2.00 bits per heavy atom. The molecule has 0 radical (unpaired) electrons. The molecule has 6 nitrogen and oxygen atoms in total. The van der Waals surface area contributed by atoms with Gasteiger partial charge >= 0.3 is 0 Å². The number of hydrogen-bond donors (Lipinski definition) is 0. The molecule has 4 aromatic rings. The van der Waals surface area contributed by atoms with Crippen molar-refractivity contribution in [3.63, 3.8) is 0 Å². The number of carbonyl (C=O) groups is 1. The first-order chi connectivity index (χ1) is 14.4. The lowest BCUT2D eigenvalue weighted by Crippen LogP contribution is -2.34. The summed E-state index contributed by atoms with van der Waals surface area (Å²) in [6.07, 6.45) is 0. The summed E-state index contributed by atoms with van der Waals surface area (Å²) in [4.78, 5) is 20.2. The molecule has 0 spiro atoms. The average Bonchev–Trinajstić information content (AvgIpc) is 3.33. The maximum Gasteiger partial charge on any atom is 0.265 e. The quantitative estimate of drug-likeness (QED) is 0.460. The summed E-state index contributed by atoms with van der Waals surface area (Å²) in [5.41, 5.74) is 3.20. The van der Waals surface area contributed by atoms with Gasteiger partial charge in [0.2, 0.25) is 5.88 Å². The average molecular weight is 425 g/mol. The van der Waals surface area contributed by atoms with E-state index in [1.165, 1.54) is 12.1 Å². The summed E-state index contributed by atoms with van der Waals surface area (Å²) in [5.74, 6) is -0.218. The zero-order valence-corrected chi connectivity index (χ0v) is 17.7. The maximum absolute atomic E-state index is 13.4. The SMILES string of the molecule is Cc1cc(C)c2c(OCC(=O)N(Cc3cccs3)c3ccc(F)cc3)nn(C)c2n1. The van der Waals surface area contributed by atoms with Gasteiger partial charge in [-0.05, 0) is 61.2 Å². The van der Waals surface area contributed by atoms with Gasteiger partial charge in [0.25, 0.3) is 5.91 Å². The van der Waals surface area contributed by atoms with Crippen molar-refractivity contribution >= 4 is 34.0 Å². The fourth-order valence-electron chi connectivity index (χ4n) is 3.36. The number of anilines is 1. The molecule has 3 heterocycles. The monoisotopic (exact) mass is 424 g/mol. The number of pyridine rings is 1. The van der Waals surface area contributed by atoms with E-state index >= 15 is 0 Å². The third-order valence-corrected chi connectivity index (χ3v) is 5.61. The second kappa shape index (κ2) is 8.23. The van der Waals surface area contributed by atoms with Gasteiger partial charge in [0.05, 0.1) is 11.9 Å². The van der Waals surface area contributed by atoms with E-state index in [0.29, 0.717) is 23.8 Å². The van der Waals surface area contributed by atoms with Gasteiger partial charge < -0.3 is 9.64 Å². The summed E-state index contributed by atoms with van der Waals surface area (Å²) < 4.78 is 20.9. The van der Waals surface area contributed by atoms with E-state index in [4.69, 9.17) is 4.74 Å². The topological polar surface area (TPSA) is 60.2 Å². The Labute approximate surface area is 177 Å². The molecule has 0 fully saturated rings. The number of thiophene rings is 1. The Bertz CT molecular complexity index is 1190. The van der Waals surface area contributed by atoms with Crippen LogP contribution in [0, 0.1) is 19.7 Å². The van der Waals surface area contributed by atoms with Crippen LogP contribution in [-0.2, 0) is 18.4 Å². The minimum Gasteiger partial charge on any atom is -0.466 e. The molecule has 3 aromatic heterocycles. The number of halogens is 1. The highest BCUT2D eigenvalue weighted by Crippen LogP contribution is 2.27. The third kappa shape index (κ3) is 4.04. The molecular weight excluding hydrogens is 403 g/mol. The number of aromatic nitrogens is 3. The van der Waals surface area contributed by atoms with Crippen LogP contribution in [-0.4, -0.2) is 27.3 Å². The van der Waals surface area contributed by atoms with Gasteiger partial charge in [0, 0.05) is 23.3 Å². The van der Waals surface area contributed by atoms with Gasteiger partial charge in [-0.15, -0.1) is 16.4 Å². The largest absolute Gasteiger partial charge is 0.466 e. The fourth-order valence-corrected chi connectivity index (χ4v) is 4.05. The van der Waals surface area contributed by atoms with Gasteiger partial charge in [-0.2, -0.15) is 0 Å². The van der Waals surface area contributed by atoms with Crippen molar-refractivity contribution in [2.45, 2.75) is 20.4 Å². The van der Waals surface area contributed by atoms with Gasteiger partial charge in [-0.3, -0.25) is 4.79 Å². The van der Waals surface area contributed by atoms with Gasteiger partial charge in [0.15, 0.2) is 12.3 Å². The molecule has 1 amide bonds. The molecule has 0 atom stereocenters. The molecule has 154 valence electrons. The Balaban J connectivity index is 1.58. The predicted molar refractivity (Wildman–Crippen MR) is 115 cm³/mol. The lowest BCUT2D eigenvalue weighted by atomic mass is 10.2. The van der Waals surface area contributed by atoms with E-state index in [9.17, 15) is 9.18 Å². The minimum atomic E-state index is -0.350. The second-order valence-corrected chi connectivity index (χ2v) is 8.06. The Morgan fingerprint density at radius 1 is 1.23 bits per heavy atom. The van der Waals surface area contributed by atoms with Crippen LogP contribution >= 0.6 is 11.3 Å². The van der Waals surface area contributed by atoms with Crippen LogP contribution in [0.25, 0.3) is 11.0 Å². The molecule has 0 saturated carbocycles. The van der Waals surface area contributed by atoms with Crippen LogP contribution in [0.15, 0.2) is 47.8 Å². The minimum absolute atomic E-state index is 0.192. The van der Waals surface area contributed by atoms with E-state index in [1.807, 2.05) is 37.4 Å². The molecule has 30 heavy (non-hydrogen) atoms. The first-order valence-electron chi connectivity index (χ1n) is 9.44. The van der Waals surface area contributed by atoms with Crippen molar-refractivity contribution in [2.24, 2.45) is 7.05 Å². The Hall–Kier alpha value is -3.26. The number of ether oxygens (including phenoxy) is 1. The number of amides is 1. The van der Waals surface area contributed by atoms with Crippen LogP contribution in [0.1, 0.15) is 16.1 Å². The lowest BCUT2D eigenvalue weighted by molar-refractivity contribution is -0.120. The number of rotatable bonds is 6. The van der Waals surface area contributed by atoms with Gasteiger partial charge in [-0.1, -0.05) is 6.07 Å². The number of carbonyl (C=O) groups excluding carboxylic acids is 1. The zero-order valence-electron chi connectivity index (χ0n) is 16.9. The molecule has 8 heteroatoms. The van der Waals surface area contributed by atoms with E-state index in [0.717, 1.165) is 21.5 Å². The molecular formula is C22H21FN4O2S. The summed E-state index contributed by atoms with van der Waals surface area (Å²) in [6.45, 7) is 4.08. The lowest BCUT2D eigenvalue weighted by Gasteiger charge is -2.22. The second-order valence-electron chi connectivity index (χ2n) is 7.03. The van der Waals surface area contributed by atoms with Crippen LogP contribution in [0.3, 0.4) is 0 Å². The molecule has 1 aromatic carbocycles. The highest BCUT2D eigenvalue weighted by molar-refractivity contribution is 7.09. The molecule has 0 unspecified atom stereocenters. The summed E-state index contributed by atoms with van der Waals surface area (Å²) in [5, 5.41) is 7.15. The van der Waals surface area contributed by atoms with Crippen LogP contribution in [0.4, 0.5) is 10.1 Å². The number of aryl methyl sites for hydroxylation is 3. The number of hydrogen-bond acceptors (Lipinski definition) is 5. The molecule has 0 aliphatic carbocycles. The maximum atomic E-state index is 13.4. The Kier molecular flexibility index (Phi) is 5.50. The van der Waals surface area contributed by atoms with Crippen molar-refractivity contribution < 1.29 is 13.9 Å². The van der Waals surface area contributed by atoms with Crippen molar-refractivity contribution in [2.75, 3.05) is 11.5 Å². The van der Waals surface area contributed by atoms with E-state index in [-0.39, 0.29) is 18.3 Å². The molecule has 0 bridgehead atoms. The molecule has 0 aliphatic rings. The molecule has 0 N–H and O–H groups in total. The number of nitrogens with zero attached hydrogens (tertiary/aromatic N) is 4. The Morgan fingerprint density at radius 3 is 2.70 bits per heavy atom. The van der Waals surface area contributed by atoms with Gasteiger partial charge in [-0.25, -0.2) is 14.1 Å². The molecule has 0 saturated heterocycles. The third-order valence-electron chi connectivity index (χ3n) is 4.75. The van der Waals surface area contributed by atoms with E-state index < -0.39 is 0 Å². The van der Waals surface area contributed by atoms with E-state index in [1.54, 1.807) is 40.1 Å². The predicted octanol–water partition coefficient (Wildman–Crippen LogP) is 4.40. The summed E-state index contributed by atoms with van der Waals surface area (Å²) >= 11 is 1.56. The zero-order chi connectivity index (χ0) is 21.3. The van der Waals surface area contributed by atoms with E-state index in [2.05, 4.69) is 10.1 Å². The number of benzene rings is 1. The smallest absolute Gasteiger partial charge is 0.265 e. The summed E-state index contributed by atoms with van der Waals surface area (Å²) in [6, 6.07) is 11.7. The first kappa shape index (κ1) is 20.0. The summed E-state index contributed by atoms with van der Waals surface area (Å²) in [7, 11) is 1.80. The van der Waals surface area contributed by atoms with Crippen LogP contribution in [0.2, 0.25) is 0 Å². The first-order valence-corrected chi connectivity index (χ1v) is 10.3. The fraction of sp³-hybridized carbons (Fsp3) is 0.227. The van der Waals surface area contributed by atoms with Crippen molar-refractivity contribution in [3.8, 4) is 5.88 Å². The molecule has 4 rings (SSSR count). The van der Waals surface area contributed by atoms with Crippen molar-refractivity contribution in [1.82, 2.24) is 14.8 Å². The highest BCUT2D eigenvalue weighted by atomic mass is 32.1. The molecule has 0 aliphatic heterocycles. The highest BCUT2D eigenvalue weighted by Gasteiger charge is 2.20. The van der Waals surface area contributed by atoms with Gasteiger partial charge in [0.1, 0.15) is 5.82 Å². The normalized spacial score (nSPS) is 11.1. The standard InChI is InChI=1S/C22H21FN4O2S/c1-14-11-15(2)24-21-20(14)22(25-26(21)3)29-13-19(28)27(12-18-5-4-10-30-18)17-8-6-16(23)7-9-17/h4-11H,12-13H2,1-3H3.